The lowest BCUT2D eigenvalue weighted by Gasteiger charge is -2.41. The second-order valence-electron chi connectivity index (χ2n) is 8.41. The fourth-order valence-corrected chi connectivity index (χ4v) is 4.38. The number of benzene rings is 3. The predicted molar refractivity (Wildman–Crippen MR) is 125 cm³/mol. The Morgan fingerprint density at radius 2 is 1.38 bits per heavy atom. The summed E-state index contributed by atoms with van der Waals surface area (Å²) < 4.78 is 12.3. The van der Waals surface area contributed by atoms with Gasteiger partial charge in [-0.05, 0) is 47.7 Å². The standard InChI is InChI=1S/C28H27NO3/c30-28-24-13-15-29(16-14-24)25(28)17-23-11-12-26(31-19-21-7-3-1-4-8-21)27(18-23)32-20-22-9-5-2-6-10-22/h1-12,17-18,24H,13-16,19-20H2/b25-17-. The van der Waals surface area contributed by atoms with Crippen LogP contribution in [0.4, 0.5) is 0 Å². The predicted octanol–water partition coefficient (Wildman–Crippen LogP) is 5.48. The minimum Gasteiger partial charge on any atom is -0.485 e. The Balaban J connectivity index is 1.40. The Bertz CT molecular complexity index is 1100. The first kappa shape index (κ1) is 20.4. The molecule has 0 radical (unpaired) electrons. The summed E-state index contributed by atoms with van der Waals surface area (Å²) >= 11 is 0. The summed E-state index contributed by atoms with van der Waals surface area (Å²) in [4.78, 5) is 15.0. The zero-order valence-corrected chi connectivity index (χ0v) is 18.1. The minimum atomic E-state index is 0.188. The molecule has 0 amide bonds. The van der Waals surface area contributed by atoms with E-state index in [4.69, 9.17) is 9.47 Å². The molecule has 4 nitrogen and oxygen atoms in total. The molecular formula is C28H27NO3. The summed E-state index contributed by atoms with van der Waals surface area (Å²) in [6, 6.07) is 26.1. The third kappa shape index (κ3) is 4.54. The van der Waals surface area contributed by atoms with Gasteiger partial charge in [0.05, 0.1) is 5.70 Å². The van der Waals surface area contributed by atoms with Crippen molar-refractivity contribution in [2.24, 2.45) is 5.92 Å². The molecule has 0 unspecified atom stereocenters. The van der Waals surface area contributed by atoms with Crippen LogP contribution in [0, 0.1) is 5.92 Å². The highest BCUT2D eigenvalue weighted by atomic mass is 16.5. The number of ether oxygens (including phenoxy) is 2. The van der Waals surface area contributed by atoms with Crippen LogP contribution in [-0.4, -0.2) is 23.8 Å². The summed E-state index contributed by atoms with van der Waals surface area (Å²) in [7, 11) is 0. The number of rotatable bonds is 7. The lowest BCUT2D eigenvalue weighted by Crippen LogP contribution is -2.45. The largest absolute Gasteiger partial charge is 0.485 e. The van der Waals surface area contributed by atoms with E-state index in [0.29, 0.717) is 24.7 Å². The van der Waals surface area contributed by atoms with Crippen molar-refractivity contribution in [2.45, 2.75) is 26.1 Å². The molecule has 4 heteroatoms. The van der Waals surface area contributed by atoms with Gasteiger partial charge in [0.15, 0.2) is 17.3 Å². The molecule has 162 valence electrons. The smallest absolute Gasteiger partial charge is 0.182 e. The second-order valence-corrected chi connectivity index (χ2v) is 8.41. The summed E-state index contributed by atoms with van der Waals surface area (Å²) in [5, 5.41) is 0. The number of hydrogen-bond acceptors (Lipinski definition) is 4. The van der Waals surface area contributed by atoms with Crippen LogP contribution in [0.2, 0.25) is 0 Å². The topological polar surface area (TPSA) is 38.8 Å². The highest BCUT2D eigenvalue weighted by Gasteiger charge is 2.36. The molecule has 3 heterocycles. The third-order valence-corrected chi connectivity index (χ3v) is 6.20. The maximum absolute atomic E-state index is 12.7. The van der Waals surface area contributed by atoms with Crippen molar-refractivity contribution < 1.29 is 14.3 Å². The van der Waals surface area contributed by atoms with E-state index in [9.17, 15) is 4.79 Å². The monoisotopic (exact) mass is 425 g/mol. The normalized spacial score (nSPS) is 17.1. The van der Waals surface area contributed by atoms with E-state index in [-0.39, 0.29) is 11.7 Å². The molecule has 0 atom stereocenters. The Morgan fingerprint density at radius 1 is 0.781 bits per heavy atom. The van der Waals surface area contributed by atoms with E-state index in [1.165, 1.54) is 0 Å². The van der Waals surface area contributed by atoms with Crippen molar-refractivity contribution in [3.05, 3.63) is 101 Å². The van der Waals surface area contributed by atoms with E-state index in [1.54, 1.807) is 0 Å². The number of carbonyl (C=O) groups is 1. The van der Waals surface area contributed by atoms with E-state index in [2.05, 4.69) is 4.90 Å². The molecule has 3 aromatic carbocycles. The molecule has 0 aliphatic carbocycles. The Hall–Kier alpha value is -3.53. The van der Waals surface area contributed by atoms with Crippen LogP contribution < -0.4 is 9.47 Å². The molecule has 0 saturated carbocycles. The van der Waals surface area contributed by atoms with Gasteiger partial charge in [0, 0.05) is 19.0 Å². The molecule has 32 heavy (non-hydrogen) atoms. The van der Waals surface area contributed by atoms with Crippen molar-refractivity contribution in [1.29, 1.82) is 0 Å². The van der Waals surface area contributed by atoms with E-state index in [1.807, 2.05) is 84.9 Å². The first-order valence-electron chi connectivity index (χ1n) is 11.2. The van der Waals surface area contributed by atoms with Crippen LogP contribution in [0.5, 0.6) is 11.5 Å². The van der Waals surface area contributed by atoms with Gasteiger partial charge in [-0.1, -0.05) is 66.7 Å². The summed E-state index contributed by atoms with van der Waals surface area (Å²) in [6.45, 7) is 2.86. The molecule has 3 saturated heterocycles. The number of ketones is 1. The average Bonchev–Trinajstić information content (AvgIpc) is 2.86. The van der Waals surface area contributed by atoms with Crippen molar-refractivity contribution in [1.82, 2.24) is 4.90 Å². The number of carbonyl (C=O) groups excluding carboxylic acids is 1. The van der Waals surface area contributed by atoms with Crippen LogP contribution in [0.25, 0.3) is 6.08 Å². The lowest BCUT2D eigenvalue weighted by atomic mass is 9.84. The molecule has 3 fully saturated rings. The highest BCUT2D eigenvalue weighted by Crippen LogP contribution is 2.35. The maximum atomic E-state index is 12.7. The summed E-state index contributed by atoms with van der Waals surface area (Å²) in [5.74, 6) is 1.85. The molecule has 0 aromatic heterocycles. The van der Waals surface area contributed by atoms with Gasteiger partial charge in [0.1, 0.15) is 13.2 Å². The van der Waals surface area contributed by atoms with E-state index < -0.39 is 0 Å². The molecule has 3 aliphatic rings. The second kappa shape index (κ2) is 9.31. The molecule has 6 rings (SSSR count). The Morgan fingerprint density at radius 3 is 1.97 bits per heavy atom. The fraction of sp³-hybridized carbons (Fsp3) is 0.250. The molecule has 0 spiro atoms. The first-order valence-corrected chi connectivity index (χ1v) is 11.2. The number of hydrogen-bond donors (Lipinski definition) is 0. The molecule has 2 bridgehead atoms. The molecule has 0 N–H and O–H groups in total. The Labute approximate surface area is 189 Å². The molecule has 3 aliphatic heterocycles. The van der Waals surface area contributed by atoms with Crippen molar-refractivity contribution in [3.8, 4) is 11.5 Å². The van der Waals surface area contributed by atoms with Crippen molar-refractivity contribution in [2.75, 3.05) is 13.1 Å². The summed E-state index contributed by atoms with van der Waals surface area (Å²) in [5.41, 5.74) is 3.98. The molecular weight excluding hydrogens is 398 g/mol. The third-order valence-electron chi connectivity index (χ3n) is 6.20. The zero-order valence-electron chi connectivity index (χ0n) is 18.1. The fourth-order valence-electron chi connectivity index (χ4n) is 4.38. The average molecular weight is 426 g/mol. The van der Waals surface area contributed by atoms with Gasteiger partial charge >= 0.3 is 0 Å². The number of Topliss-reactive ketones (excluding diaryl/α,β-unsaturated/α-hetero) is 1. The zero-order chi connectivity index (χ0) is 21.8. The quantitative estimate of drug-likeness (QED) is 0.470. The minimum absolute atomic E-state index is 0.188. The van der Waals surface area contributed by atoms with E-state index in [0.717, 1.165) is 48.3 Å². The van der Waals surface area contributed by atoms with Crippen LogP contribution in [0.1, 0.15) is 29.5 Å². The van der Waals surface area contributed by atoms with Gasteiger partial charge in [0.2, 0.25) is 0 Å². The first-order chi connectivity index (χ1) is 15.8. The lowest BCUT2D eigenvalue weighted by molar-refractivity contribution is -0.125. The van der Waals surface area contributed by atoms with Crippen molar-refractivity contribution >= 4 is 11.9 Å². The number of piperidine rings is 3. The SMILES string of the molecule is O=C1/C(=C/c2ccc(OCc3ccccc3)c(OCc3ccccc3)c2)N2CCC1CC2. The van der Waals surface area contributed by atoms with Gasteiger partial charge in [0.25, 0.3) is 0 Å². The number of fused-ring (bicyclic) bond motifs is 3. The maximum Gasteiger partial charge on any atom is 0.182 e. The Kier molecular flexibility index (Phi) is 5.93. The van der Waals surface area contributed by atoms with Crippen LogP contribution in [0.3, 0.4) is 0 Å². The summed E-state index contributed by atoms with van der Waals surface area (Å²) in [6.07, 6.45) is 3.96. The van der Waals surface area contributed by atoms with Gasteiger partial charge in [-0.2, -0.15) is 0 Å². The van der Waals surface area contributed by atoms with Gasteiger partial charge in [-0.15, -0.1) is 0 Å². The van der Waals surface area contributed by atoms with Gasteiger partial charge in [-0.25, -0.2) is 0 Å². The molecule has 3 aromatic rings. The highest BCUT2D eigenvalue weighted by molar-refractivity contribution is 6.01. The van der Waals surface area contributed by atoms with Crippen LogP contribution in [0.15, 0.2) is 84.6 Å². The van der Waals surface area contributed by atoms with Crippen LogP contribution >= 0.6 is 0 Å². The van der Waals surface area contributed by atoms with Crippen LogP contribution in [-0.2, 0) is 18.0 Å². The van der Waals surface area contributed by atoms with Gasteiger partial charge < -0.3 is 14.4 Å². The number of nitrogens with zero attached hydrogens (tertiary/aromatic N) is 1. The van der Waals surface area contributed by atoms with E-state index >= 15 is 0 Å². The number of allylic oxidation sites excluding steroid dienone is 1. The van der Waals surface area contributed by atoms with Gasteiger partial charge in [-0.3, -0.25) is 4.79 Å². The van der Waals surface area contributed by atoms with Crippen molar-refractivity contribution in [3.63, 3.8) is 0 Å².